The molecule has 0 fully saturated rings. The van der Waals surface area contributed by atoms with Crippen molar-refractivity contribution < 1.29 is 19.5 Å². The first-order valence-corrected chi connectivity index (χ1v) is 4.81. The van der Waals surface area contributed by atoms with Crippen molar-refractivity contribution in [3.05, 3.63) is 27.8 Å². The lowest BCUT2D eigenvalue weighted by molar-refractivity contribution is -0.385. The Kier molecular flexibility index (Phi) is 6.39. The molecule has 0 aliphatic rings. The first-order valence-electron chi connectivity index (χ1n) is 4.81. The van der Waals surface area contributed by atoms with Crippen LogP contribution in [-0.2, 0) is 0 Å². The van der Waals surface area contributed by atoms with Gasteiger partial charge in [-0.15, -0.1) is 12.4 Å². The van der Waals surface area contributed by atoms with Crippen molar-refractivity contribution in [3.63, 3.8) is 0 Å². The first-order chi connectivity index (χ1) is 8.04. The van der Waals surface area contributed by atoms with E-state index in [1.165, 1.54) is 26.4 Å². The van der Waals surface area contributed by atoms with Crippen LogP contribution in [0.5, 0.6) is 11.5 Å². The molecule has 7 nitrogen and oxygen atoms in total. The van der Waals surface area contributed by atoms with E-state index in [-0.39, 0.29) is 29.4 Å². The van der Waals surface area contributed by atoms with Crippen LogP contribution in [0.25, 0.3) is 0 Å². The van der Waals surface area contributed by atoms with E-state index in [1.54, 1.807) is 0 Å². The second-order valence-electron chi connectivity index (χ2n) is 3.31. The van der Waals surface area contributed by atoms with Crippen LogP contribution in [0.3, 0.4) is 0 Å². The number of methoxy groups -OCH3 is 2. The molecule has 0 aliphatic heterocycles. The molecule has 0 bridgehead atoms. The highest BCUT2D eigenvalue weighted by Gasteiger charge is 2.23. The third-order valence-corrected chi connectivity index (χ3v) is 2.33. The van der Waals surface area contributed by atoms with Gasteiger partial charge in [-0.05, 0) is 6.07 Å². The summed E-state index contributed by atoms with van der Waals surface area (Å²) in [5.41, 5.74) is 5.60. The Morgan fingerprint density at radius 3 is 2.28 bits per heavy atom. The zero-order valence-corrected chi connectivity index (χ0v) is 10.8. The van der Waals surface area contributed by atoms with Crippen molar-refractivity contribution in [2.75, 3.05) is 20.8 Å². The molecular weight excluding hydrogens is 264 g/mol. The molecule has 0 heterocycles. The number of halogens is 1. The van der Waals surface area contributed by atoms with Gasteiger partial charge in [-0.1, -0.05) is 0 Å². The maximum absolute atomic E-state index is 10.9. The van der Waals surface area contributed by atoms with Crippen LogP contribution in [0.1, 0.15) is 11.6 Å². The highest BCUT2D eigenvalue weighted by atomic mass is 35.5. The molecule has 0 saturated heterocycles. The second-order valence-corrected chi connectivity index (χ2v) is 3.31. The number of hydrogen-bond donors (Lipinski definition) is 2. The second kappa shape index (κ2) is 7.00. The number of nitrogens with two attached hydrogens (primary N) is 1. The highest BCUT2D eigenvalue weighted by molar-refractivity contribution is 5.85. The lowest BCUT2D eigenvalue weighted by atomic mass is 10.1. The van der Waals surface area contributed by atoms with Gasteiger partial charge in [0.25, 0.3) is 5.69 Å². The summed E-state index contributed by atoms with van der Waals surface area (Å²) in [6, 6.07) is 1.79. The fraction of sp³-hybridized carbons (Fsp3) is 0.400. The number of rotatable bonds is 5. The van der Waals surface area contributed by atoms with Crippen molar-refractivity contribution in [2.45, 2.75) is 6.04 Å². The first kappa shape index (κ1) is 16.4. The van der Waals surface area contributed by atoms with Gasteiger partial charge < -0.3 is 20.3 Å². The average Bonchev–Trinajstić information content (AvgIpc) is 2.35. The van der Waals surface area contributed by atoms with Gasteiger partial charge in [-0.3, -0.25) is 10.1 Å². The van der Waals surface area contributed by atoms with E-state index < -0.39 is 17.6 Å². The molecule has 0 amide bonds. The smallest absolute Gasteiger partial charge is 0.278 e. The molecule has 1 aromatic rings. The van der Waals surface area contributed by atoms with E-state index in [2.05, 4.69) is 0 Å². The summed E-state index contributed by atoms with van der Waals surface area (Å²) in [5, 5.41) is 19.8. The number of benzene rings is 1. The maximum Gasteiger partial charge on any atom is 0.278 e. The van der Waals surface area contributed by atoms with Crippen LogP contribution >= 0.6 is 12.4 Å². The predicted octanol–water partition coefficient (Wildman–Crippen LogP) is 1.03. The zero-order valence-electron chi connectivity index (χ0n) is 9.95. The summed E-state index contributed by atoms with van der Waals surface area (Å²) in [6.45, 7) is -0.393. The molecule has 0 radical (unpaired) electrons. The van der Waals surface area contributed by atoms with Crippen LogP contribution in [0.15, 0.2) is 12.1 Å². The van der Waals surface area contributed by atoms with E-state index in [1.807, 2.05) is 0 Å². The predicted molar refractivity (Wildman–Crippen MR) is 67.5 cm³/mol. The standard InChI is InChI=1S/C10H14N2O5.ClH/c1-16-9-3-6(7(11)5-13)8(12(14)15)4-10(9)17-2;/h3-4,7,13H,5,11H2,1-2H3;1H/t7-;/m0./s1. The van der Waals surface area contributed by atoms with Crippen molar-refractivity contribution in [1.29, 1.82) is 0 Å². The highest BCUT2D eigenvalue weighted by Crippen LogP contribution is 2.36. The number of nitro groups is 1. The fourth-order valence-corrected chi connectivity index (χ4v) is 1.44. The molecule has 1 atom stereocenters. The largest absolute Gasteiger partial charge is 0.493 e. The fourth-order valence-electron chi connectivity index (χ4n) is 1.44. The van der Waals surface area contributed by atoms with Gasteiger partial charge in [-0.25, -0.2) is 0 Å². The van der Waals surface area contributed by atoms with Crippen molar-refractivity contribution in [1.82, 2.24) is 0 Å². The van der Waals surface area contributed by atoms with Gasteiger partial charge in [0.05, 0.1) is 43.4 Å². The molecule has 102 valence electrons. The Bertz CT molecular complexity index is 427. The Labute approximate surface area is 110 Å². The molecule has 0 aromatic heterocycles. The Hall–Kier alpha value is -1.57. The minimum Gasteiger partial charge on any atom is -0.493 e. The van der Waals surface area contributed by atoms with Gasteiger partial charge in [0.1, 0.15) is 0 Å². The summed E-state index contributed by atoms with van der Waals surface area (Å²) in [5.74, 6) is 0.574. The number of nitrogens with zero attached hydrogens (tertiary/aromatic N) is 1. The van der Waals surface area contributed by atoms with Gasteiger partial charge in [0, 0.05) is 0 Å². The molecule has 1 rings (SSSR count). The zero-order chi connectivity index (χ0) is 13.0. The molecule has 1 aromatic carbocycles. The number of hydrogen-bond acceptors (Lipinski definition) is 6. The summed E-state index contributed by atoms with van der Waals surface area (Å²) in [7, 11) is 2.80. The molecule has 0 spiro atoms. The monoisotopic (exact) mass is 278 g/mol. The van der Waals surface area contributed by atoms with Crippen LogP contribution in [0.4, 0.5) is 5.69 Å². The lowest BCUT2D eigenvalue weighted by Gasteiger charge is -2.13. The van der Waals surface area contributed by atoms with Gasteiger partial charge in [-0.2, -0.15) is 0 Å². The Morgan fingerprint density at radius 2 is 1.89 bits per heavy atom. The number of nitro benzene ring substituents is 1. The summed E-state index contributed by atoms with van der Waals surface area (Å²) in [6.07, 6.45) is 0. The minimum atomic E-state index is -0.838. The molecule has 0 saturated carbocycles. The topological polar surface area (TPSA) is 108 Å². The molecule has 8 heteroatoms. The van der Waals surface area contributed by atoms with Crippen molar-refractivity contribution in [3.8, 4) is 11.5 Å². The SMILES string of the molecule is COc1cc([C@@H](N)CO)c([N+](=O)[O-])cc1OC.Cl. The van der Waals surface area contributed by atoms with Gasteiger partial charge in [0.2, 0.25) is 0 Å². The number of aliphatic hydroxyl groups is 1. The molecule has 0 aliphatic carbocycles. The number of aliphatic hydroxyl groups excluding tert-OH is 1. The van der Waals surface area contributed by atoms with Gasteiger partial charge in [0.15, 0.2) is 11.5 Å². The summed E-state index contributed by atoms with van der Waals surface area (Å²) >= 11 is 0. The third-order valence-electron chi connectivity index (χ3n) is 2.33. The summed E-state index contributed by atoms with van der Waals surface area (Å²) < 4.78 is 9.98. The molecule has 3 N–H and O–H groups in total. The Morgan fingerprint density at radius 1 is 1.39 bits per heavy atom. The lowest BCUT2D eigenvalue weighted by Crippen LogP contribution is -2.16. The molecular formula is C10H15ClN2O5. The maximum atomic E-state index is 10.9. The molecule has 18 heavy (non-hydrogen) atoms. The van der Waals surface area contributed by atoms with E-state index in [0.717, 1.165) is 0 Å². The Balaban J connectivity index is 0.00000289. The van der Waals surface area contributed by atoms with E-state index in [9.17, 15) is 10.1 Å². The quantitative estimate of drug-likeness (QED) is 0.615. The normalized spacial score (nSPS) is 11.3. The van der Waals surface area contributed by atoms with Gasteiger partial charge >= 0.3 is 0 Å². The minimum absolute atomic E-state index is 0. The number of ether oxygens (including phenoxy) is 2. The van der Waals surface area contributed by atoms with Crippen LogP contribution in [0.2, 0.25) is 0 Å². The van der Waals surface area contributed by atoms with Crippen LogP contribution in [-0.4, -0.2) is 30.9 Å². The van der Waals surface area contributed by atoms with Crippen molar-refractivity contribution >= 4 is 18.1 Å². The van der Waals surface area contributed by atoms with E-state index in [4.69, 9.17) is 20.3 Å². The summed E-state index contributed by atoms with van der Waals surface area (Å²) in [4.78, 5) is 10.3. The molecule has 0 unspecified atom stereocenters. The van der Waals surface area contributed by atoms with Crippen LogP contribution < -0.4 is 15.2 Å². The van der Waals surface area contributed by atoms with E-state index in [0.29, 0.717) is 5.75 Å². The third kappa shape index (κ3) is 3.22. The van der Waals surface area contributed by atoms with E-state index >= 15 is 0 Å². The average molecular weight is 279 g/mol. The van der Waals surface area contributed by atoms with Crippen molar-refractivity contribution in [2.24, 2.45) is 5.73 Å². The van der Waals surface area contributed by atoms with Crippen LogP contribution in [0, 0.1) is 10.1 Å².